The predicted octanol–water partition coefficient (Wildman–Crippen LogP) is 7.60. The average Bonchev–Trinajstić information content (AvgIpc) is 3.35. The Morgan fingerprint density at radius 1 is 0.471 bits per heavy atom. The third kappa shape index (κ3) is 28.7. The molecule has 2 rings (SSSR count). The topological polar surface area (TPSA) is 231 Å². The number of hydrogen-bond acceptors (Lipinski definition) is 15. The van der Waals surface area contributed by atoms with Crippen molar-refractivity contribution in [3.63, 3.8) is 0 Å². The van der Waals surface area contributed by atoms with Crippen LogP contribution in [0.3, 0.4) is 0 Å². The van der Waals surface area contributed by atoms with Gasteiger partial charge in [0.05, 0.1) is 19.8 Å². The van der Waals surface area contributed by atoms with Gasteiger partial charge in [-0.15, -0.1) is 0 Å². The molecular formula is C55H90O15. The lowest BCUT2D eigenvalue weighted by Crippen LogP contribution is -2.61. The van der Waals surface area contributed by atoms with Crippen molar-refractivity contribution >= 4 is 11.9 Å². The zero-order valence-electron chi connectivity index (χ0n) is 42.2. The summed E-state index contributed by atoms with van der Waals surface area (Å²) in [5, 5.41) is 72.1. The standard InChI is InChI=1S/C55H90O15/c1-3-5-7-9-11-13-15-17-19-20-21-22-24-25-27-29-31-33-35-37-46(57)65-40-43(68-47(58)38-36-34-32-30-28-26-23-18-16-14-12-10-8-6-4-2)41-66-54-53(64)51(62)49(60)45(70-54)42-67-55-52(63)50(61)48(59)44(39-56)69-55/h5,7,10-13,17,19,21-22,25,27,31,33,43-45,48-56,59-64H,3-4,6,8-9,14-16,18,20,23-24,26,28-30,32,34-42H2,1-2H3/b7-5+,12-10+,13-11+,19-17+,22-21+,27-25+,33-31+/t43-,44+,45+,48-,49-,50?,51?,52?,53?,54+,55+/m0/s1. The van der Waals surface area contributed by atoms with Gasteiger partial charge in [-0.2, -0.15) is 0 Å². The molecule has 70 heavy (non-hydrogen) atoms. The lowest BCUT2D eigenvalue weighted by molar-refractivity contribution is -0.332. The normalized spacial score (nSPS) is 26.1. The second-order valence-electron chi connectivity index (χ2n) is 18.0. The number of carbonyl (C=O) groups excluding carboxylic acids is 2. The van der Waals surface area contributed by atoms with Crippen molar-refractivity contribution in [1.82, 2.24) is 0 Å². The fourth-order valence-electron chi connectivity index (χ4n) is 7.58. The maximum Gasteiger partial charge on any atom is 0.306 e. The highest BCUT2D eigenvalue weighted by molar-refractivity contribution is 5.70. The quantitative estimate of drug-likeness (QED) is 0.0179. The summed E-state index contributed by atoms with van der Waals surface area (Å²) >= 11 is 0. The van der Waals surface area contributed by atoms with E-state index in [0.717, 1.165) is 70.6 Å². The first-order valence-electron chi connectivity index (χ1n) is 26.2. The molecule has 0 aromatic heterocycles. The molecule has 0 spiro atoms. The van der Waals surface area contributed by atoms with Gasteiger partial charge in [-0.25, -0.2) is 0 Å². The van der Waals surface area contributed by atoms with E-state index in [0.29, 0.717) is 12.8 Å². The lowest BCUT2D eigenvalue weighted by Gasteiger charge is -2.42. The van der Waals surface area contributed by atoms with Crippen LogP contribution in [0.25, 0.3) is 0 Å². The van der Waals surface area contributed by atoms with Gasteiger partial charge in [-0.1, -0.05) is 157 Å². The monoisotopic (exact) mass is 991 g/mol. The number of ether oxygens (including phenoxy) is 6. The van der Waals surface area contributed by atoms with E-state index in [-0.39, 0.29) is 19.4 Å². The van der Waals surface area contributed by atoms with Crippen LogP contribution in [-0.4, -0.2) is 142 Å². The zero-order valence-corrected chi connectivity index (χ0v) is 42.2. The SMILES string of the molecule is CC/C=C/C/C=C/C/C=C/C/C=C/C/C=C/C/C=C/CCC(=O)OC[C@@H](CO[C@@H]1O[C@H](CO[C@@H]2O[C@H](CO)[C@H](O)C(O)C2O)[C@H](O)C(O)C1O)OC(=O)CCCCCCCCCCC/C=C/CCCC. The number of esters is 2. The average molecular weight is 991 g/mol. The van der Waals surface area contributed by atoms with E-state index in [9.17, 15) is 45.3 Å². The Morgan fingerprint density at radius 2 is 0.929 bits per heavy atom. The summed E-state index contributed by atoms with van der Waals surface area (Å²) in [5.74, 6) is -1.03. The highest BCUT2D eigenvalue weighted by atomic mass is 16.7. The third-order valence-corrected chi connectivity index (χ3v) is 11.9. The minimum Gasteiger partial charge on any atom is -0.462 e. The first-order valence-corrected chi connectivity index (χ1v) is 26.2. The van der Waals surface area contributed by atoms with Gasteiger partial charge < -0.3 is 64.2 Å². The first-order chi connectivity index (χ1) is 34.0. The van der Waals surface area contributed by atoms with Crippen molar-refractivity contribution in [2.45, 2.75) is 223 Å². The fourth-order valence-corrected chi connectivity index (χ4v) is 7.58. The van der Waals surface area contributed by atoms with Gasteiger partial charge >= 0.3 is 11.9 Å². The van der Waals surface area contributed by atoms with Crippen LogP contribution in [0.1, 0.15) is 155 Å². The minimum absolute atomic E-state index is 0.0881. The van der Waals surface area contributed by atoms with Gasteiger partial charge in [0.25, 0.3) is 0 Å². The Bertz CT molecular complexity index is 1540. The highest BCUT2D eigenvalue weighted by Gasteiger charge is 2.47. The molecule has 0 saturated carbocycles. The number of rotatable bonds is 39. The molecule has 4 unspecified atom stereocenters. The number of hydrogen-bond donors (Lipinski definition) is 7. The van der Waals surface area contributed by atoms with Gasteiger partial charge in [0.1, 0.15) is 55.4 Å². The molecule has 0 aromatic rings. The molecule has 2 aliphatic rings. The Hall–Kier alpha value is -3.32. The summed E-state index contributed by atoms with van der Waals surface area (Å²) in [4.78, 5) is 25.8. The van der Waals surface area contributed by atoms with Crippen LogP contribution in [0.15, 0.2) is 85.1 Å². The predicted molar refractivity (Wildman–Crippen MR) is 270 cm³/mol. The van der Waals surface area contributed by atoms with Gasteiger partial charge in [0, 0.05) is 12.8 Å². The van der Waals surface area contributed by atoms with Gasteiger partial charge in [0.2, 0.25) is 0 Å². The fraction of sp³-hybridized carbons (Fsp3) is 0.709. The largest absolute Gasteiger partial charge is 0.462 e. The Labute approximate surface area is 418 Å². The molecule has 0 radical (unpaired) electrons. The lowest BCUT2D eigenvalue weighted by atomic mass is 9.98. The molecule has 2 heterocycles. The number of unbranched alkanes of at least 4 members (excludes halogenated alkanes) is 11. The molecule has 7 N–H and O–H groups in total. The van der Waals surface area contributed by atoms with E-state index in [2.05, 4.69) is 86.8 Å². The summed E-state index contributed by atoms with van der Waals surface area (Å²) < 4.78 is 33.5. The third-order valence-electron chi connectivity index (χ3n) is 11.9. The highest BCUT2D eigenvalue weighted by Crippen LogP contribution is 2.26. The summed E-state index contributed by atoms with van der Waals surface area (Å²) in [7, 11) is 0. The second-order valence-corrected chi connectivity index (χ2v) is 18.0. The molecule has 0 amide bonds. The van der Waals surface area contributed by atoms with Crippen molar-refractivity contribution in [3.05, 3.63) is 85.1 Å². The summed E-state index contributed by atoms with van der Waals surface area (Å²) in [6.45, 7) is 2.35. The molecule has 0 aliphatic carbocycles. The molecule has 0 bridgehead atoms. The number of carbonyl (C=O) groups is 2. The Balaban J connectivity index is 1.84. The van der Waals surface area contributed by atoms with Gasteiger partial charge in [-0.05, 0) is 70.6 Å². The van der Waals surface area contributed by atoms with Crippen molar-refractivity contribution in [2.24, 2.45) is 0 Å². The maximum atomic E-state index is 13.0. The number of allylic oxidation sites excluding steroid dienone is 14. The number of aliphatic hydroxyl groups excluding tert-OH is 7. The molecule has 15 nitrogen and oxygen atoms in total. The van der Waals surface area contributed by atoms with Crippen molar-refractivity contribution in [1.29, 1.82) is 0 Å². The van der Waals surface area contributed by atoms with E-state index in [1.165, 1.54) is 44.9 Å². The molecule has 2 fully saturated rings. The summed E-state index contributed by atoms with van der Waals surface area (Å²) in [6.07, 6.45) is 33.3. The van der Waals surface area contributed by atoms with Crippen LogP contribution in [-0.2, 0) is 38.0 Å². The molecule has 11 atom stereocenters. The first kappa shape index (κ1) is 62.8. The van der Waals surface area contributed by atoms with E-state index >= 15 is 0 Å². The summed E-state index contributed by atoms with van der Waals surface area (Å²) in [5.41, 5.74) is 0. The molecule has 15 heteroatoms. The van der Waals surface area contributed by atoms with E-state index in [1.807, 2.05) is 12.2 Å². The smallest absolute Gasteiger partial charge is 0.306 e. The van der Waals surface area contributed by atoms with Crippen molar-refractivity contribution in [2.75, 3.05) is 26.4 Å². The van der Waals surface area contributed by atoms with Crippen LogP contribution in [0, 0.1) is 0 Å². The number of aliphatic hydroxyl groups is 7. The van der Waals surface area contributed by atoms with Crippen LogP contribution < -0.4 is 0 Å². The molecular weight excluding hydrogens is 901 g/mol. The Morgan fingerprint density at radius 3 is 1.47 bits per heavy atom. The Kier molecular flexibility index (Phi) is 36.9. The van der Waals surface area contributed by atoms with Crippen molar-refractivity contribution < 1.29 is 73.8 Å². The van der Waals surface area contributed by atoms with E-state index < -0.39 is 99.3 Å². The van der Waals surface area contributed by atoms with Crippen LogP contribution >= 0.6 is 0 Å². The minimum atomic E-state index is -1.78. The van der Waals surface area contributed by atoms with Crippen LogP contribution in [0.4, 0.5) is 0 Å². The molecule has 400 valence electrons. The van der Waals surface area contributed by atoms with Gasteiger partial charge in [0.15, 0.2) is 18.7 Å². The second kappa shape index (κ2) is 41.2. The maximum absolute atomic E-state index is 13.0. The zero-order chi connectivity index (χ0) is 51.0. The summed E-state index contributed by atoms with van der Waals surface area (Å²) in [6, 6.07) is 0. The molecule has 0 aromatic carbocycles. The van der Waals surface area contributed by atoms with E-state index in [1.54, 1.807) is 0 Å². The molecule has 2 aliphatic heterocycles. The molecule has 2 saturated heterocycles. The van der Waals surface area contributed by atoms with E-state index in [4.69, 9.17) is 28.4 Å². The van der Waals surface area contributed by atoms with Crippen LogP contribution in [0.2, 0.25) is 0 Å². The van der Waals surface area contributed by atoms with Crippen LogP contribution in [0.5, 0.6) is 0 Å². The van der Waals surface area contributed by atoms with Gasteiger partial charge in [-0.3, -0.25) is 9.59 Å². The van der Waals surface area contributed by atoms with Crippen molar-refractivity contribution in [3.8, 4) is 0 Å².